The first-order valence-corrected chi connectivity index (χ1v) is 11.7. The van der Waals surface area contributed by atoms with Crippen LogP contribution in [0, 0.1) is 0 Å². The molecule has 1 aliphatic heterocycles. The molecule has 1 atom stereocenters. The molecule has 0 saturated carbocycles. The van der Waals surface area contributed by atoms with Crippen molar-refractivity contribution in [3.8, 4) is 11.5 Å². The highest BCUT2D eigenvalue weighted by Crippen LogP contribution is 2.25. The number of aromatic nitrogens is 1. The van der Waals surface area contributed by atoms with Crippen molar-refractivity contribution in [1.82, 2.24) is 15.2 Å². The standard InChI is InChI=1S/C27H31N3O5/c1-4-23(19-8-6-5-7-9-19)29-26(31)22-15-24(30-10-11-35-17-25(22)30)27(32)28-16-18-12-20(33-2)14-21(13-18)34-3/h5-9,12-15,23H,4,10-11,16-17H2,1-3H3,(H,28,32)(H,29,31). The van der Waals surface area contributed by atoms with E-state index in [1.54, 1.807) is 26.4 Å². The normalized spacial score (nSPS) is 13.5. The van der Waals surface area contributed by atoms with E-state index >= 15 is 0 Å². The second-order valence-corrected chi connectivity index (χ2v) is 8.34. The van der Waals surface area contributed by atoms with E-state index in [0.29, 0.717) is 41.6 Å². The quantitative estimate of drug-likeness (QED) is 0.489. The van der Waals surface area contributed by atoms with Crippen LogP contribution >= 0.6 is 0 Å². The van der Waals surface area contributed by atoms with E-state index in [2.05, 4.69) is 10.6 Å². The van der Waals surface area contributed by atoms with Crippen molar-refractivity contribution >= 4 is 11.8 Å². The van der Waals surface area contributed by atoms with Crippen LogP contribution in [0.25, 0.3) is 0 Å². The van der Waals surface area contributed by atoms with Crippen molar-refractivity contribution in [3.05, 3.63) is 82.7 Å². The average molecular weight is 478 g/mol. The summed E-state index contributed by atoms with van der Waals surface area (Å²) in [6.07, 6.45) is 0.750. The lowest BCUT2D eigenvalue weighted by Crippen LogP contribution is -2.30. The molecule has 0 radical (unpaired) electrons. The molecule has 8 nitrogen and oxygen atoms in total. The van der Waals surface area contributed by atoms with Crippen molar-refractivity contribution < 1.29 is 23.8 Å². The van der Waals surface area contributed by atoms with Crippen LogP contribution in [0.4, 0.5) is 0 Å². The molecule has 184 valence electrons. The number of ether oxygens (including phenoxy) is 3. The third-order valence-corrected chi connectivity index (χ3v) is 6.16. The Morgan fingerprint density at radius 2 is 1.74 bits per heavy atom. The Bertz CT molecular complexity index is 1170. The summed E-state index contributed by atoms with van der Waals surface area (Å²) >= 11 is 0. The van der Waals surface area contributed by atoms with E-state index in [9.17, 15) is 9.59 Å². The van der Waals surface area contributed by atoms with Gasteiger partial charge in [0.05, 0.1) is 44.7 Å². The monoisotopic (exact) mass is 477 g/mol. The summed E-state index contributed by atoms with van der Waals surface area (Å²) in [7, 11) is 3.17. The molecule has 0 aliphatic carbocycles. The van der Waals surface area contributed by atoms with Crippen molar-refractivity contribution in [2.45, 2.75) is 39.1 Å². The number of carbonyl (C=O) groups is 2. The van der Waals surface area contributed by atoms with Gasteiger partial charge in [-0.25, -0.2) is 0 Å². The largest absolute Gasteiger partial charge is 0.497 e. The van der Waals surface area contributed by atoms with E-state index in [1.165, 1.54) is 0 Å². The van der Waals surface area contributed by atoms with Crippen LogP contribution in [0.5, 0.6) is 11.5 Å². The molecule has 0 spiro atoms. The van der Waals surface area contributed by atoms with E-state index < -0.39 is 0 Å². The zero-order valence-electron chi connectivity index (χ0n) is 20.3. The lowest BCUT2D eigenvalue weighted by molar-refractivity contribution is 0.0776. The number of carbonyl (C=O) groups excluding carboxylic acids is 2. The second-order valence-electron chi connectivity index (χ2n) is 8.34. The van der Waals surface area contributed by atoms with Crippen molar-refractivity contribution in [1.29, 1.82) is 0 Å². The van der Waals surface area contributed by atoms with Gasteiger partial charge >= 0.3 is 0 Å². The first-order valence-electron chi connectivity index (χ1n) is 11.7. The van der Waals surface area contributed by atoms with Gasteiger partial charge in [0.25, 0.3) is 11.8 Å². The number of nitrogens with zero attached hydrogens (tertiary/aromatic N) is 1. The number of nitrogens with one attached hydrogen (secondary N) is 2. The lowest BCUT2D eigenvalue weighted by atomic mass is 10.0. The second kappa shape index (κ2) is 11.1. The van der Waals surface area contributed by atoms with Crippen LogP contribution in [-0.4, -0.2) is 37.2 Å². The van der Waals surface area contributed by atoms with E-state index in [1.807, 2.05) is 54.0 Å². The smallest absolute Gasteiger partial charge is 0.268 e. The SMILES string of the molecule is CCC(NC(=O)c1cc(C(=O)NCc2cc(OC)cc(OC)c2)n2c1COCC2)c1ccccc1. The van der Waals surface area contributed by atoms with Crippen LogP contribution in [0.1, 0.15) is 57.1 Å². The molecular weight excluding hydrogens is 446 g/mol. The molecule has 2 aromatic carbocycles. The van der Waals surface area contributed by atoms with Gasteiger partial charge in [0.1, 0.15) is 17.2 Å². The molecule has 35 heavy (non-hydrogen) atoms. The van der Waals surface area contributed by atoms with Gasteiger partial charge in [-0.2, -0.15) is 0 Å². The zero-order chi connectivity index (χ0) is 24.8. The first kappa shape index (κ1) is 24.3. The van der Waals surface area contributed by atoms with Gasteiger partial charge in [-0.1, -0.05) is 37.3 Å². The molecule has 1 unspecified atom stereocenters. The van der Waals surface area contributed by atoms with Crippen LogP contribution in [-0.2, 0) is 24.4 Å². The Balaban J connectivity index is 1.54. The van der Waals surface area contributed by atoms with Gasteiger partial charge in [0, 0.05) is 19.2 Å². The zero-order valence-corrected chi connectivity index (χ0v) is 20.3. The molecule has 2 heterocycles. The summed E-state index contributed by atoms with van der Waals surface area (Å²) < 4.78 is 18.1. The maximum atomic E-state index is 13.3. The third kappa shape index (κ3) is 5.49. The minimum atomic E-state index is -0.260. The highest BCUT2D eigenvalue weighted by Gasteiger charge is 2.27. The van der Waals surface area contributed by atoms with Crippen LogP contribution in [0.3, 0.4) is 0 Å². The maximum Gasteiger partial charge on any atom is 0.268 e. The molecular formula is C27H31N3O5. The molecule has 3 aromatic rings. The summed E-state index contributed by atoms with van der Waals surface area (Å²) in [5, 5.41) is 6.07. The van der Waals surface area contributed by atoms with Gasteiger partial charge < -0.3 is 29.4 Å². The van der Waals surface area contributed by atoms with Crippen LogP contribution in [0.2, 0.25) is 0 Å². The Hall–Kier alpha value is -3.78. The molecule has 0 saturated heterocycles. The van der Waals surface area contributed by atoms with Crippen molar-refractivity contribution in [3.63, 3.8) is 0 Å². The van der Waals surface area contributed by atoms with Gasteiger partial charge in [-0.05, 0) is 35.7 Å². The fourth-order valence-corrected chi connectivity index (χ4v) is 4.29. The van der Waals surface area contributed by atoms with E-state index in [4.69, 9.17) is 14.2 Å². The number of fused-ring (bicyclic) bond motifs is 1. The highest BCUT2D eigenvalue weighted by atomic mass is 16.5. The third-order valence-electron chi connectivity index (χ3n) is 6.16. The Morgan fingerprint density at radius 3 is 2.40 bits per heavy atom. The molecule has 2 N–H and O–H groups in total. The summed E-state index contributed by atoms with van der Waals surface area (Å²) in [6.45, 7) is 3.59. The predicted octanol–water partition coefficient (Wildman–Crippen LogP) is 3.85. The Kier molecular flexibility index (Phi) is 7.72. The van der Waals surface area contributed by atoms with Crippen molar-refractivity contribution in [2.24, 2.45) is 0 Å². The van der Waals surface area contributed by atoms with Gasteiger partial charge in [0.2, 0.25) is 0 Å². The minimum absolute atomic E-state index is 0.121. The van der Waals surface area contributed by atoms with E-state index in [0.717, 1.165) is 17.5 Å². The average Bonchev–Trinajstić information content (AvgIpc) is 3.30. The molecule has 2 amide bonds. The number of hydrogen-bond acceptors (Lipinski definition) is 5. The molecule has 1 aliphatic rings. The minimum Gasteiger partial charge on any atom is -0.497 e. The first-order chi connectivity index (χ1) is 17.0. The number of hydrogen-bond donors (Lipinski definition) is 2. The molecule has 0 fully saturated rings. The Labute approximate surface area is 205 Å². The molecule has 1 aromatic heterocycles. The number of amides is 2. The summed E-state index contributed by atoms with van der Waals surface area (Å²) in [5.41, 5.74) is 3.50. The number of rotatable bonds is 9. The molecule has 4 rings (SSSR count). The predicted molar refractivity (Wildman–Crippen MR) is 132 cm³/mol. The van der Waals surface area contributed by atoms with Gasteiger partial charge in [-0.3, -0.25) is 9.59 Å². The fraction of sp³-hybridized carbons (Fsp3) is 0.333. The number of benzene rings is 2. The molecule has 8 heteroatoms. The van der Waals surface area contributed by atoms with Gasteiger partial charge in [0.15, 0.2) is 0 Å². The Morgan fingerprint density at radius 1 is 1.03 bits per heavy atom. The van der Waals surface area contributed by atoms with Gasteiger partial charge in [-0.15, -0.1) is 0 Å². The summed E-state index contributed by atoms with van der Waals surface area (Å²) in [5.74, 6) is 0.818. The van der Waals surface area contributed by atoms with Crippen LogP contribution in [0.15, 0.2) is 54.6 Å². The van der Waals surface area contributed by atoms with E-state index in [-0.39, 0.29) is 31.0 Å². The summed E-state index contributed by atoms with van der Waals surface area (Å²) in [6, 6.07) is 16.9. The summed E-state index contributed by atoms with van der Waals surface area (Å²) in [4.78, 5) is 26.4. The topological polar surface area (TPSA) is 90.8 Å². The lowest BCUT2D eigenvalue weighted by Gasteiger charge is -2.20. The fourth-order valence-electron chi connectivity index (χ4n) is 4.29. The van der Waals surface area contributed by atoms with Crippen LogP contribution < -0.4 is 20.1 Å². The maximum absolute atomic E-state index is 13.3. The van der Waals surface area contributed by atoms with Crippen molar-refractivity contribution in [2.75, 3.05) is 20.8 Å². The molecule has 0 bridgehead atoms. The number of methoxy groups -OCH3 is 2. The highest BCUT2D eigenvalue weighted by molar-refractivity contribution is 6.00.